The first kappa shape index (κ1) is 26.3. The molecule has 0 aliphatic carbocycles. The van der Waals surface area contributed by atoms with Crippen molar-refractivity contribution in [2.45, 2.75) is 39.3 Å². The summed E-state index contributed by atoms with van der Waals surface area (Å²) in [4.78, 5) is 29.3. The number of benzene rings is 2. The number of ether oxygens (including phenoxy) is 2. The Morgan fingerprint density at radius 3 is 2.68 bits per heavy atom. The lowest BCUT2D eigenvalue weighted by Gasteiger charge is -2.36. The van der Waals surface area contributed by atoms with Gasteiger partial charge in [-0.1, -0.05) is 13.0 Å². The second kappa shape index (κ2) is 12.5. The van der Waals surface area contributed by atoms with Gasteiger partial charge in [0, 0.05) is 60.5 Å². The third kappa shape index (κ3) is 6.19. The fourth-order valence-corrected chi connectivity index (χ4v) is 5.80. The molecule has 0 saturated carbocycles. The topological polar surface area (TPSA) is 64.0 Å². The summed E-state index contributed by atoms with van der Waals surface area (Å²) in [5, 5.41) is 4.44. The van der Waals surface area contributed by atoms with Gasteiger partial charge in [-0.05, 0) is 73.0 Å². The third-order valence-corrected chi connectivity index (χ3v) is 7.98. The monoisotopic (exact) mass is 533 g/mol. The van der Waals surface area contributed by atoms with E-state index in [4.69, 9.17) is 9.47 Å². The minimum Gasteiger partial charge on any atom is -0.494 e. The summed E-state index contributed by atoms with van der Waals surface area (Å²) in [5.74, 6) is 0.415. The van der Waals surface area contributed by atoms with Gasteiger partial charge in [0.15, 0.2) is 6.73 Å². The van der Waals surface area contributed by atoms with Gasteiger partial charge in [0.25, 0.3) is 5.56 Å². The van der Waals surface area contributed by atoms with Crippen LogP contribution >= 0.6 is 11.3 Å². The number of carbonyl (C=O) groups excluding carboxylic acids is 1. The van der Waals surface area contributed by atoms with Crippen molar-refractivity contribution in [1.29, 1.82) is 0 Å². The fourth-order valence-electron chi connectivity index (χ4n) is 5.00. The van der Waals surface area contributed by atoms with Gasteiger partial charge in [-0.25, -0.2) is 0 Å². The lowest BCUT2D eigenvalue weighted by Crippen LogP contribution is -2.46. The molecule has 0 unspecified atom stereocenters. The molecule has 1 aliphatic heterocycles. The van der Waals surface area contributed by atoms with Crippen LogP contribution in [-0.4, -0.2) is 54.8 Å². The van der Waals surface area contributed by atoms with Crippen LogP contribution in [0.3, 0.4) is 0 Å². The number of aromatic nitrogens is 1. The molecule has 8 heteroatoms. The molecule has 0 atom stereocenters. The van der Waals surface area contributed by atoms with Crippen LogP contribution in [0.25, 0.3) is 21.0 Å². The largest absolute Gasteiger partial charge is 0.494 e. The molecule has 4 aromatic rings. The summed E-state index contributed by atoms with van der Waals surface area (Å²) in [6.07, 6.45) is 3.09. The molecule has 0 N–H and O–H groups in total. The maximum Gasteiger partial charge on any atom is 0.307 e. The Hall–Kier alpha value is -3.36. The Labute approximate surface area is 227 Å². The van der Waals surface area contributed by atoms with E-state index in [-0.39, 0.29) is 18.3 Å². The first-order valence-electron chi connectivity index (χ1n) is 13.5. The van der Waals surface area contributed by atoms with Crippen LogP contribution < -0.4 is 15.2 Å². The number of fused-ring (bicyclic) bond motifs is 2. The smallest absolute Gasteiger partial charge is 0.307 e. The number of thiophene rings is 1. The molecule has 2 aromatic heterocycles. The summed E-state index contributed by atoms with van der Waals surface area (Å²) in [5.41, 5.74) is 1.86. The van der Waals surface area contributed by atoms with Gasteiger partial charge >= 0.3 is 5.97 Å². The Bertz CT molecular complexity index is 1440. The fraction of sp³-hybridized carbons (Fsp3) is 0.400. The summed E-state index contributed by atoms with van der Waals surface area (Å²) in [6, 6.07) is 17.8. The first-order valence-corrected chi connectivity index (χ1v) is 14.4. The highest BCUT2D eigenvalue weighted by Crippen LogP contribution is 2.31. The maximum atomic E-state index is 12.4. The molecule has 7 nitrogen and oxygen atoms in total. The summed E-state index contributed by atoms with van der Waals surface area (Å²) >= 11 is 1.80. The van der Waals surface area contributed by atoms with Crippen molar-refractivity contribution < 1.29 is 14.3 Å². The molecule has 1 aliphatic rings. The second-order valence-corrected chi connectivity index (χ2v) is 10.7. The quantitative estimate of drug-likeness (QED) is 0.187. The molecule has 38 heavy (non-hydrogen) atoms. The van der Waals surface area contributed by atoms with Crippen molar-refractivity contribution in [3.63, 3.8) is 0 Å². The summed E-state index contributed by atoms with van der Waals surface area (Å²) in [7, 11) is 0. The zero-order chi connectivity index (χ0) is 26.3. The first-order chi connectivity index (χ1) is 18.6. The van der Waals surface area contributed by atoms with Crippen molar-refractivity contribution in [2.75, 3.05) is 44.2 Å². The number of unbranched alkanes of at least 4 members (excludes halogenated alkanes) is 1. The normalized spacial score (nSPS) is 14.3. The number of carbonyl (C=O) groups is 1. The number of anilines is 1. The highest BCUT2D eigenvalue weighted by atomic mass is 32.1. The molecule has 0 bridgehead atoms. The van der Waals surface area contributed by atoms with Crippen LogP contribution in [0.2, 0.25) is 0 Å². The minimum atomic E-state index is -0.301. The number of pyridine rings is 1. The number of nitrogens with zero attached hydrogens (tertiary/aromatic N) is 3. The molecule has 2 aromatic carbocycles. The van der Waals surface area contributed by atoms with Crippen LogP contribution in [0.4, 0.5) is 5.69 Å². The third-order valence-electron chi connectivity index (χ3n) is 7.10. The van der Waals surface area contributed by atoms with Gasteiger partial charge in [-0.2, -0.15) is 0 Å². The van der Waals surface area contributed by atoms with Crippen molar-refractivity contribution in [3.05, 3.63) is 70.3 Å². The van der Waals surface area contributed by atoms with Gasteiger partial charge in [0.05, 0.1) is 12.1 Å². The van der Waals surface area contributed by atoms with Crippen LogP contribution in [0.1, 0.15) is 32.6 Å². The average Bonchev–Trinajstić information content (AvgIpc) is 3.42. The van der Waals surface area contributed by atoms with E-state index in [2.05, 4.69) is 39.4 Å². The van der Waals surface area contributed by atoms with E-state index in [9.17, 15) is 9.59 Å². The predicted molar refractivity (Wildman–Crippen MR) is 154 cm³/mol. The number of esters is 1. The Morgan fingerprint density at radius 2 is 1.84 bits per heavy atom. The zero-order valence-corrected chi connectivity index (χ0v) is 22.8. The minimum absolute atomic E-state index is 0.0892. The van der Waals surface area contributed by atoms with Crippen molar-refractivity contribution in [2.24, 2.45) is 0 Å². The highest BCUT2D eigenvalue weighted by molar-refractivity contribution is 7.17. The van der Waals surface area contributed by atoms with E-state index < -0.39 is 0 Å². The van der Waals surface area contributed by atoms with E-state index in [1.54, 1.807) is 17.4 Å². The average molecular weight is 534 g/mol. The summed E-state index contributed by atoms with van der Waals surface area (Å²) in [6.45, 7) is 7.78. The number of piperazine rings is 1. The standard InChI is InChI=1S/C30H35N3O4S/c1-2-6-30(35)37-22-33-27-21-24(11-9-23(27)10-12-29(33)34)36-19-4-3-14-31-15-17-32(18-16-31)26-7-5-8-28-25(26)13-20-38-28/h5,7-13,20-21H,2-4,6,14-19,22H2,1H3. The molecular formula is C30H35N3O4S. The zero-order valence-electron chi connectivity index (χ0n) is 21.9. The number of hydrogen-bond donors (Lipinski definition) is 0. The number of hydrogen-bond acceptors (Lipinski definition) is 7. The molecule has 0 amide bonds. The molecule has 5 rings (SSSR count). The summed E-state index contributed by atoms with van der Waals surface area (Å²) < 4.78 is 14.1. The SMILES string of the molecule is CCCC(=O)OCn1c(=O)ccc2ccc(OCCCCN3CCN(c4cccc5sccc45)CC3)cc21. The van der Waals surface area contributed by atoms with Crippen LogP contribution in [0, 0.1) is 0 Å². The Morgan fingerprint density at radius 1 is 1.00 bits per heavy atom. The van der Waals surface area contributed by atoms with Crippen molar-refractivity contribution in [3.8, 4) is 5.75 Å². The maximum absolute atomic E-state index is 12.4. The lowest BCUT2D eigenvalue weighted by atomic mass is 10.2. The Kier molecular flexibility index (Phi) is 8.61. The highest BCUT2D eigenvalue weighted by Gasteiger charge is 2.18. The van der Waals surface area contributed by atoms with Crippen molar-refractivity contribution >= 4 is 44.0 Å². The molecule has 3 heterocycles. The van der Waals surface area contributed by atoms with E-state index in [1.165, 1.54) is 26.4 Å². The van der Waals surface area contributed by atoms with Gasteiger partial charge in [-0.15, -0.1) is 11.3 Å². The molecule has 0 spiro atoms. The second-order valence-electron chi connectivity index (χ2n) is 9.71. The van der Waals surface area contributed by atoms with Crippen LogP contribution in [-0.2, 0) is 16.3 Å². The van der Waals surface area contributed by atoms with E-state index >= 15 is 0 Å². The Balaban J connectivity index is 1.08. The van der Waals surface area contributed by atoms with E-state index in [1.807, 2.05) is 25.1 Å². The van der Waals surface area contributed by atoms with Crippen LogP contribution in [0.15, 0.2) is 64.8 Å². The lowest BCUT2D eigenvalue weighted by molar-refractivity contribution is -0.147. The number of rotatable bonds is 11. The van der Waals surface area contributed by atoms with E-state index in [0.29, 0.717) is 30.7 Å². The molecule has 200 valence electrons. The molecule has 0 radical (unpaired) electrons. The molecule has 1 fully saturated rings. The van der Waals surface area contributed by atoms with Gasteiger partial charge in [0.1, 0.15) is 5.75 Å². The predicted octanol–water partition coefficient (Wildman–Crippen LogP) is 5.50. The van der Waals surface area contributed by atoms with Crippen LogP contribution in [0.5, 0.6) is 5.75 Å². The molecular weight excluding hydrogens is 498 g/mol. The van der Waals surface area contributed by atoms with Gasteiger partial charge in [0.2, 0.25) is 0 Å². The van der Waals surface area contributed by atoms with E-state index in [0.717, 1.165) is 51.0 Å². The van der Waals surface area contributed by atoms with Gasteiger partial charge < -0.3 is 14.4 Å². The van der Waals surface area contributed by atoms with Gasteiger partial charge in [-0.3, -0.25) is 19.1 Å². The van der Waals surface area contributed by atoms with Crippen molar-refractivity contribution in [1.82, 2.24) is 9.47 Å². The molecule has 1 saturated heterocycles.